The fraction of sp³-hybridized carbons (Fsp3) is 0.385. The molecule has 0 saturated carbocycles. The zero-order valence-corrected chi connectivity index (χ0v) is 21.2. The number of rotatable bonds is 9. The Hall–Kier alpha value is -3.92. The summed E-state index contributed by atoms with van der Waals surface area (Å²) in [5.41, 5.74) is 0.756. The lowest BCUT2D eigenvalue weighted by molar-refractivity contribution is -0.140. The van der Waals surface area contributed by atoms with E-state index in [9.17, 15) is 9.59 Å². The van der Waals surface area contributed by atoms with Crippen molar-refractivity contribution in [1.82, 2.24) is 0 Å². The van der Waals surface area contributed by atoms with Crippen molar-refractivity contribution in [2.24, 2.45) is 0 Å². The van der Waals surface area contributed by atoms with Gasteiger partial charge < -0.3 is 37.9 Å². The molecule has 2 bridgehead atoms. The van der Waals surface area contributed by atoms with Crippen LogP contribution in [0.15, 0.2) is 35.4 Å². The Morgan fingerprint density at radius 1 is 0.750 bits per heavy atom. The molecule has 0 unspecified atom stereocenters. The van der Waals surface area contributed by atoms with E-state index < -0.39 is 23.6 Å². The molecule has 36 heavy (non-hydrogen) atoms. The van der Waals surface area contributed by atoms with Gasteiger partial charge in [-0.25, -0.2) is 9.59 Å². The molecule has 0 N–H and O–H groups in total. The number of hydrogen-bond donors (Lipinski definition) is 0. The minimum absolute atomic E-state index is 0.0651. The van der Waals surface area contributed by atoms with Crippen LogP contribution in [0.25, 0.3) is 0 Å². The summed E-state index contributed by atoms with van der Waals surface area (Å²) in [6.07, 6.45) is -0.739. The minimum atomic E-state index is -1.39. The van der Waals surface area contributed by atoms with E-state index in [1.54, 1.807) is 24.3 Å². The van der Waals surface area contributed by atoms with Crippen molar-refractivity contribution in [3.8, 4) is 28.7 Å². The normalized spacial score (nSPS) is 19.5. The molecule has 2 aliphatic rings. The zero-order chi connectivity index (χ0) is 26.2. The van der Waals surface area contributed by atoms with Gasteiger partial charge in [0.15, 0.2) is 23.0 Å². The van der Waals surface area contributed by atoms with Gasteiger partial charge in [-0.15, -0.1) is 0 Å². The van der Waals surface area contributed by atoms with E-state index in [1.807, 2.05) is 0 Å². The fourth-order valence-corrected chi connectivity index (χ4v) is 4.99. The molecule has 0 aromatic heterocycles. The second-order valence-electron chi connectivity index (χ2n) is 8.10. The van der Waals surface area contributed by atoms with Gasteiger partial charge in [0.1, 0.15) is 11.7 Å². The van der Waals surface area contributed by atoms with E-state index in [0.29, 0.717) is 45.4 Å². The summed E-state index contributed by atoms with van der Waals surface area (Å²) in [5, 5.41) is 0. The molecule has 0 aliphatic carbocycles. The first-order valence-corrected chi connectivity index (χ1v) is 11.0. The number of hydrogen-bond acceptors (Lipinski definition) is 10. The molecule has 2 heterocycles. The van der Waals surface area contributed by atoms with Gasteiger partial charge in [-0.05, 0) is 41.0 Å². The molecule has 192 valence electrons. The Morgan fingerprint density at radius 2 is 1.31 bits per heavy atom. The fourth-order valence-electron chi connectivity index (χ4n) is 4.99. The largest absolute Gasteiger partial charge is 0.493 e. The molecule has 10 nitrogen and oxygen atoms in total. The number of carbonyl (C=O) groups excluding carboxylic acids is 2. The highest BCUT2D eigenvalue weighted by Crippen LogP contribution is 2.61. The molecule has 2 aliphatic heterocycles. The van der Waals surface area contributed by atoms with E-state index in [-0.39, 0.29) is 17.6 Å². The second-order valence-corrected chi connectivity index (χ2v) is 8.10. The van der Waals surface area contributed by atoms with Crippen molar-refractivity contribution in [3.05, 3.63) is 52.1 Å². The molecule has 0 spiro atoms. The molecule has 0 saturated heterocycles. The van der Waals surface area contributed by atoms with Crippen LogP contribution in [-0.4, -0.2) is 61.7 Å². The number of ether oxygens (including phenoxy) is 8. The predicted octanol–water partition coefficient (Wildman–Crippen LogP) is 2.90. The smallest absolute Gasteiger partial charge is 0.337 e. The monoisotopic (exact) mass is 500 g/mol. The van der Waals surface area contributed by atoms with E-state index in [1.165, 1.54) is 49.8 Å². The third-order valence-corrected chi connectivity index (χ3v) is 6.50. The zero-order valence-electron chi connectivity index (χ0n) is 21.2. The van der Waals surface area contributed by atoms with E-state index in [4.69, 9.17) is 37.9 Å². The maximum Gasteiger partial charge on any atom is 0.337 e. The van der Waals surface area contributed by atoms with E-state index >= 15 is 0 Å². The quantitative estimate of drug-likeness (QED) is 0.477. The Balaban J connectivity index is 2.00. The lowest BCUT2D eigenvalue weighted by atomic mass is 9.74. The number of carbonyl (C=O) groups is 2. The standard InChI is InChI=1S/C26H28O10/c1-29-16-10-14-15(11-17(16)30-2)26(12-13-8-18(31-3)23(33-5)19(9-13)32-4)21(25(28)35-7)20(22(14)36-26)24(27)34-6/h8-11,22H,12H2,1-7H3/t22-,26+/m1/s1. The van der Waals surface area contributed by atoms with Crippen molar-refractivity contribution in [3.63, 3.8) is 0 Å². The summed E-state index contributed by atoms with van der Waals surface area (Å²) in [7, 11) is 10.1. The van der Waals surface area contributed by atoms with Crippen molar-refractivity contribution in [2.45, 2.75) is 18.1 Å². The van der Waals surface area contributed by atoms with Crippen LogP contribution in [0.4, 0.5) is 0 Å². The highest BCUT2D eigenvalue weighted by atomic mass is 16.6. The maximum absolute atomic E-state index is 13.2. The highest BCUT2D eigenvalue weighted by molar-refractivity contribution is 6.05. The first-order valence-electron chi connectivity index (χ1n) is 11.0. The Bertz CT molecular complexity index is 1220. The van der Waals surface area contributed by atoms with Gasteiger partial charge in [-0.2, -0.15) is 0 Å². The van der Waals surface area contributed by atoms with Gasteiger partial charge in [0.25, 0.3) is 0 Å². The molecule has 0 radical (unpaired) electrons. The van der Waals surface area contributed by atoms with E-state index in [0.717, 1.165) is 0 Å². The van der Waals surface area contributed by atoms with Gasteiger partial charge in [0.05, 0.1) is 60.9 Å². The van der Waals surface area contributed by atoms with Crippen LogP contribution in [0, 0.1) is 0 Å². The molecule has 10 heteroatoms. The van der Waals surface area contributed by atoms with E-state index in [2.05, 4.69) is 0 Å². The molecule has 2 atom stereocenters. The topological polar surface area (TPSA) is 108 Å². The molecule has 2 aromatic carbocycles. The van der Waals surface area contributed by atoms with Crippen LogP contribution >= 0.6 is 0 Å². The van der Waals surface area contributed by atoms with Crippen LogP contribution in [0.3, 0.4) is 0 Å². The number of benzene rings is 2. The minimum Gasteiger partial charge on any atom is -0.493 e. The van der Waals surface area contributed by atoms with Gasteiger partial charge in [0, 0.05) is 6.42 Å². The Morgan fingerprint density at radius 3 is 1.81 bits per heavy atom. The van der Waals surface area contributed by atoms with Crippen LogP contribution in [0.1, 0.15) is 22.8 Å². The van der Waals surface area contributed by atoms with Gasteiger partial charge in [-0.3, -0.25) is 0 Å². The van der Waals surface area contributed by atoms with Crippen LogP contribution in [0.2, 0.25) is 0 Å². The Labute approximate surface area is 208 Å². The summed E-state index contributed by atoms with van der Waals surface area (Å²) in [5.74, 6) is 0.793. The summed E-state index contributed by atoms with van der Waals surface area (Å²) in [6.45, 7) is 0. The predicted molar refractivity (Wildman–Crippen MR) is 126 cm³/mol. The number of methoxy groups -OCH3 is 7. The molecular formula is C26H28O10. The molecular weight excluding hydrogens is 472 g/mol. The van der Waals surface area contributed by atoms with Gasteiger partial charge in [-0.1, -0.05) is 0 Å². The summed E-state index contributed by atoms with van der Waals surface area (Å²) >= 11 is 0. The van der Waals surface area contributed by atoms with Crippen molar-refractivity contribution < 1.29 is 47.5 Å². The molecule has 2 aromatic rings. The second kappa shape index (κ2) is 9.62. The summed E-state index contributed by atoms with van der Waals surface area (Å²) < 4.78 is 44.1. The SMILES string of the molecule is COC(=O)C1=C(C(=O)OC)[C@@]2(Cc3cc(OC)c(OC)c(OC)c3)O[C@@H]1c1cc(OC)c(OC)cc12. The highest BCUT2D eigenvalue weighted by Gasteiger charge is 2.61. The maximum atomic E-state index is 13.2. The van der Waals surface area contributed by atoms with Crippen molar-refractivity contribution >= 4 is 11.9 Å². The molecule has 0 fully saturated rings. The summed E-state index contributed by atoms with van der Waals surface area (Å²) in [4.78, 5) is 26.1. The lowest BCUT2D eigenvalue weighted by Gasteiger charge is -2.30. The average Bonchev–Trinajstić information content (AvgIpc) is 3.41. The van der Waals surface area contributed by atoms with Crippen LogP contribution < -0.4 is 23.7 Å². The van der Waals surface area contributed by atoms with Crippen LogP contribution in [0.5, 0.6) is 28.7 Å². The molecule has 0 amide bonds. The Kier molecular flexibility index (Phi) is 6.73. The van der Waals surface area contributed by atoms with Crippen molar-refractivity contribution in [1.29, 1.82) is 0 Å². The summed E-state index contributed by atoms with van der Waals surface area (Å²) in [6, 6.07) is 7.02. The lowest BCUT2D eigenvalue weighted by Crippen LogP contribution is -2.35. The third-order valence-electron chi connectivity index (χ3n) is 6.50. The van der Waals surface area contributed by atoms with Gasteiger partial charge >= 0.3 is 11.9 Å². The van der Waals surface area contributed by atoms with Gasteiger partial charge in [0.2, 0.25) is 5.75 Å². The van der Waals surface area contributed by atoms with Crippen molar-refractivity contribution in [2.75, 3.05) is 49.8 Å². The number of esters is 2. The third kappa shape index (κ3) is 3.60. The average molecular weight is 501 g/mol. The first kappa shape index (κ1) is 25.2. The number of fused-ring (bicyclic) bond motifs is 5. The molecule has 4 rings (SSSR count). The van der Waals surface area contributed by atoms with Crippen LogP contribution in [-0.2, 0) is 35.8 Å². The first-order chi connectivity index (χ1) is 17.3.